The van der Waals surface area contributed by atoms with E-state index in [-0.39, 0.29) is 25.7 Å². The van der Waals surface area contributed by atoms with Crippen LogP contribution in [0.1, 0.15) is 453 Å². The Morgan fingerprint density at radius 1 is 0.257 bits per heavy atom. The van der Waals surface area contributed by atoms with Crippen LogP contribution in [0.3, 0.4) is 0 Å². The number of phosphoric ester groups is 2. The molecule has 17 nitrogen and oxygen atoms in total. The average molecular weight is 1540 g/mol. The lowest BCUT2D eigenvalue weighted by Gasteiger charge is -2.21. The molecule has 0 aliphatic heterocycles. The van der Waals surface area contributed by atoms with Gasteiger partial charge in [0.15, 0.2) is 12.2 Å². The summed E-state index contributed by atoms with van der Waals surface area (Å²) in [4.78, 5) is 73.2. The Hall–Kier alpha value is -1.94. The van der Waals surface area contributed by atoms with Crippen LogP contribution in [0.2, 0.25) is 0 Å². The monoisotopic (exact) mass is 1540 g/mol. The van der Waals surface area contributed by atoms with Gasteiger partial charge < -0.3 is 33.8 Å². The number of hydrogen-bond donors (Lipinski definition) is 3. The third kappa shape index (κ3) is 79.9. The lowest BCUT2D eigenvalue weighted by Crippen LogP contribution is -2.30. The standard InChI is InChI=1S/C86H168O17P2/c1-8-9-10-11-12-13-14-15-16-17-18-19-20-21-22-25-29-34-39-48-55-62-69-85(90)102-81(73-96-83(88)67-60-53-46-38-33-28-26-23-24-27-31-36-43-50-57-64-77(2)3)75-100-104(92,93)98-71-80(87)72-99-105(94,95)101-76-82(74-97-84(89)68-61-54-47-42-41-45-52-59-66-79(6)7)103-86(91)70-63-56-49-40-35-30-32-37-44-51-58-65-78(4)5/h77-82,87H,8-76H2,1-7H3,(H,92,93)(H,94,95)/t80-,81-,82-/m1/s1. The minimum atomic E-state index is -4.97. The molecule has 0 aromatic rings. The number of hydrogen-bond acceptors (Lipinski definition) is 15. The van der Waals surface area contributed by atoms with Gasteiger partial charge >= 0.3 is 39.5 Å². The van der Waals surface area contributed by atoms with Crippen molar-refractivity contribution in [3.8, 4) is 0 Å². The first-order chi connectivity index (χ1) is 50.7. The normalized spacial score (nSPS) is 13.9. The van der Waals surface area contributed by atoms with Crippen molar-refractivity contribution < 1.29 is 80.2 Å². The Labute approximate surface area is 645 Å². The van der Waals surface area contributed by atoms with Crippen molar-refractivity contribution in [1.82, 2.24) is 0 Å². The highest BCUT2D eigenvalue weighted by Gasteiger charge is 2.30. The van der Waals surface area contributed by atoms with Crippen molar-refractivity contribution in [3.63, 3.8) is 0 Å². The van der Waals surface area contributed by atoms with Gasteiger partial charge in [-0.05, 0) is 43.4 Å². The summed E-state index contributed by atoms with van der Waals surface area (Å²) in [6.45, 7) is 12.0. The van der Waals surface area contributed by atoms with Crippen molar-refractivity contribution in [2.75, 3.05) is 39.6 Å². The molecule has 0 aromatic heterocycles. The highest BCUT2D eigenvalue weighted by Crippen LogP contribution is 2.45. The van der Waals surface area contributed by atoms with E-state index < -0.39 is 97.5 Å². The number of carbonyl (C=O) groups excluding carboxylic acids is 4. The summed E-state index contributed by atoms with van der Waals surface area (Å²) in [5, 5.41) is 10.7. The molecule has 0 spiro atoms. The van der Waals surface area contributed by atoms with Crippen LogP contribution in [0, 0.1) is 17.8 Å². The summed E-state index contributed by atoms with van der Waals surface area (Å²) < 4.78 is 68.9. The highest BCUT2D eigenvalue weighted by molar-refractivity contribution is 7.47. The number of ether oxygens (including phenoxy) is 4. The van der Waals surface area contributed by atoms with Gasteiger partial charge in [0.2, 0.25) is 0 Å². The van der Waals surface area contributed by atoms with Crippen LogP contribution < -0.4 is 0 Å². The van der Waals surface area contributed by atoms with E-state index in [0.717, 1.165) is 108 Å². The Morgan fingerprint density at radius 2 is 0.438 bits per heavy atom. The number of phosphoric acid groups is 2. The average Bonchev–Trinajstić information content (AvgIpc) is 0.920. The summed E-state index contributed by atoms with van der Waals surface area (Å²) in [6.07, 6.45) is 66.8. The Kier molecular flexibility index (Phi) is 74.7. The van der Waals surface area contributed by atoms with Gasteiger partial charge in [0.1, 0.15) is 19.3 Å². The third-order valence-corrected chi connectivity index (χ3v) is 22.0. The predicted octanol–water partition coefficient (Wildman–Crippen LogP) is 26.1. The molecule has 624 valence electrons. The van der Waals surface area contributed by atoms with Crippen molar-refractivity contribution in [2.24, 2.45) is 17.8 Å². The largest absolute Gasteiger partial charge is 0.472 e. The first kappa shape index (κ1) is 103. The van der Waals surface area contributed by atoms with Crippen LogP contribution in [0.5, 0.6) is 0 Å². The topological polar surface area (TPSA) is 237 Å². The van der Waals surface area contributed by atoms with Crippen LogP contribution in [0.15, 0.2) is 0 Å². The summed E-state index contributed by atoms with van der Waals surface area (Å²) in [6, 6.07) is 0. The second-order valence-electron chi connectivity index (χ2n) is 32.4. The maximum atomic E-state index is 13.1. The molecule has 3 N–H and O–H groups in total. The second kappa shape index (κ2) is 76.1. The van der Waals surface area contributed by atoms with Gasteiger partial charge in [-0.15, -0.1) is 0 Å². The summed E-state index contributed by atoms with van der Waals surface area (Å²) in [7, 11) is -9.93. The summed E-state index contributed by atoms with van der Waals surface area (Å²) in [5.41, 5.74) is 0. The molecule has 0 aliphatic carbocycles. The second-order valence-corrected chi connectivity index (χ2v) is 35.3. The molecule has 0 amide bonds. The van der Waals surface area contributed by atoms with Gasteiger partial charge in [-0.1, -0.05) is 402 Å². The molecule has 2 unspecified atom stereocenters. The maximum Gasteiger partial charge on any atom is 0.472 e. The van der Waals surface area contributed by atoms with E-state index in [1.54, 1.807) is 0 Å². The summed E-state index contributed by atoms with van der Waals surface area (Å²) >= 11 is 0. The number of unbranched alkanes of at least 4 members (excludes halogenated alkanes) is 52. The number of aliphatic hydroxyl groups is 1. The third-order valence-electron chi connectivity index (χ3n) is 20.1. The van der Waals surface area contributed by atoms with Crippen LogP contribution >= 0.6 is 15.6 Å². The molecular weight excluding hydrogens is 1370 g/mol. The molecule has 0 heterocycles. The molecule has 0 rings (SSSR count). The fourth-order valence-electron chi connectivity index (χ4n) is 13.4. The Morgan fingerprint density at radius 3 is 0.648 bits per heavy atom. The lowest BCUT2D eigenvalue weighted by molar-refractivity contribution is -0.161. The van der Waals surface area contributed by atoms with E-state index in [4.69, 9.17) is 37.0 Å². The van der Waals surface area contributed by atoms with E-state index in [9.17, 15) is 43.2 Å². The van der Waals surface area contributed by atoms with E-state index >= 15 is 0 Å². The smallest absolute Gasteiger partial charge is 0.462 e. The zero-order chi connectivity index (χ0) is 77.2. The van der Waals surface area contributed by atoms with Crippen LogP contribution in [0.25, 0.3) is 0 Å². The van der Waals surface area contributed by atoms with E-state index in [2.05, 4.69) is 48.5 Å². The molecule has 0 bridgehead atoms. The van der Waals surface area contributed by atoms with Gasteiger partial charge in [0, 0.05) is 25.7 Å². The first-order valence-corrected chi connectivity index (χ1v) is 47.3. The van der Waals surface area contributed by atoms with Gasteiger partial charge in [-0.25, -0.2) is 9.13 Å². The van der Waals surface area contributed by atoms with Gasteiger partial charge in [0.05, 0.1) is 26.4 Å². The molecular formula is C86H168O17P2. The lowest BCUT2D eigenvalue weighted by atomic mass is 10.0. The number of rotatable bonds is 84. The minimum Gasteiger partial charge on any atom is -0.462 e. The van der Waals surface area contributed by atoms with E-state index in [1.165, 1.54) is 263 Å². The predicted molar refractivity (Wildman–Crippen MR) is 432 cm³/mol. The minimum absolute atomic E-state index is 0.106. The molecule has 5 atom stereocenters. The number of esters is 4. The van der Waals surface area contributed by atoms with Crippen LogP contribution in [-0.2, 0) is 65.4 Å². The summed E-state index contributed by atoms with van der Waals surface area (Å²) in [5.74, 6) is 0.191. The fourth-order valence-corrected chi connectivity index (χ4v) is 14.9. The zero-order valence-electron chi connectivity index (χ0n) is 69.2. The van der Waals surface area contributed by atoms with Crippen molar-refractivity contribution in [2.45, 2.75) is 471 Å². The molecule has 0 aliphatic rings. The number of aliphatic hydroxyl groups excluding tert-OH is 1. The van der Waals surface area contributed by atoms with Gasteiger partial charge in [-0.3, -0.25) is 37.3 Å². The molecule has 0 saturated carbocycles. The van der Waals surface area contributed by atoms with E-state index in [0.29, 0.717) is 25.7 Å². The zero-order valence-corrected chi connectivity index (χ0v) is 71.0. The van der Waals surface area contributed by atoms with Gasteiger partial charge in [-0.2, -0.15) is 0 Å². The quantitative estimate of drug-likeness (QED) is 0.0222. The number of carbonyl (C=O) groups is 4. The fraction of sp³-hybridized carbons (Fsp3) is 0.953. The molecule has 0 aromatic carbocycles. The molecule has 19 heteroatoms. The van der Waals surface area contributed by atoms with Crippen LogP contribution in [0.4, 0.5) is 0 Å². The maximum absolute atomic E-state index is 13.1. The van der Waals surface area contributed by atoms with Crippen molar-refractivity contribution in [3.05, 3.63) is 0 Å². The Bertz CT molecular complexity index is 2030. The van der Waals surface area contributed by atoms with Gasteiger partial charge in [0.25, 0.3) is 0 Å². The molecule has 0 fully saturated rings. The van der Waals surface area contributed by atoms with Crippen molar-refractivity contribution in [1.29, 1.82) is 0 Å². The van der Waals surface area contributed by atoms with Crippen LogP contribution in [-0.4, -0.2) is 96.7 Å². The van der Waals surface area contributed by atoms with Crippen molar-refractivity contribution >= 4 is 39.5 Å². The highest BCUT2D eigenvalue weighted by atomic mass is 31.2. The first-order valence-electron chi connectivity index (χ1n) is 44.3. The SMILES string of the molecule is CCCCCCCCCCCCCCCCCCCCCCCCC(=O)O[C@H](COC(=O)CCCCCCCCCCCCCCCCCC(C)C)COP(=O)(O)OC[C@@H](O)COP(=O)(O)OC[C@@H](COC(=O)CCCCCCCCCCC(C)C)OC(=O)CCCCCCCCCCCCCC(C)C. The Balaban J connectivity index is 5.23. The van der Waals surface area contributed by atoms with E-state index in [1.807, 2.05) is 0 Å². The molecule has 0 radical (unpaired) electrons. The molecule has 105 heavy (non-hydrogen) atoms. The molecule has 0 saturated heterocycles.